The molecule has 0 aromatic carbocycles. The quantitative estimate of drug-likeness (QED) is 0.610. The highest BCUT2D eigenvalue weighted by atomic mass is 16.2. The van der Waals surface area contributed by atoms with Gasteiger partial charge in [0.1, 0.15) is 0 Å². The van der Waals surface area contributed by atoms with Crippen LogP contribution in [-0.2, 0) is 9.59 Å². The summed E-state index contributed by atoms with van der Waals surface area (Å²) in [6.07, 6.45) is 2.37. The SMILES string of the molecule is CCCN(CCC)C(=O)CCN(CCN(C)C)C(C)=O. The summed E-state index contributed by atoms with van der Waals surface area (Å²) in [6, 6.07) is 0. The molecule has 0 fully saturated rings. The van der Waals surface area contributed by atoms with Gasteiger partial charge in [-0.2, -0.15) is 0 Å². The predicted octanol–water partition coefficient (Wildman–Crippen LogP) is 1.44. The Morgan fingerprint density at radius 1 is 0.800 bits per heavy atom. The van der Waals surface area contributed by atoms with Gasteiger partial charge in [0.25, 0.3) is 0 Å². The molecule has 0 saturated carbocycles. The van der Waals surface area contributed by atoms with E-state index in [4.69, 9.17) is 0 Å². The number of carbonyl (C=O) groups is 2. The number of nitrogens with zero attached hydrogens (tertiary/aromatic N) is 3. The zero-order valence-corrected chi connectivity index (χ0v) is 13.8. The van der Waals surface area contributed by atoms with E-state index >= 15 is 0 Å². The second-order valence-electron chi connectivity index (χ2n) is 5.44. The van der Waals surface area contributed by atoms with Crippen molar-refractivity contribution >= 4 is 11.8 Å². The van der Waals surface area contributed by atoms with E-state index < -0.39 is 0 Å². The first kappa shape index (κ1) is 18.9. The van der Waals surface area contributed by atoms with Crippen molar-refractivity contribution in [1.29, 1.82) is 0 Å². The molecule has 0 aromatic rings. The lowest BCUT2D eigenvalue weighted by Crippen LogP contribution is -2.39. The van der Waals surface area contributed by atoms with Crippen molar-refractivity contribution in [3.8, 4) is 0 Å². The van der Waals surface area contributed by atoms with E-state index in [-0.39, 0.29) is 11.8 Å². The Morgan fingerprint density at radius 2 is 1.35 bits per heavy atom. The molecular weight excluding hydrogens is 254 g/mol. The molecule has 0 N–H and O–H groups in total. The average Bonchev–Trinajstić information content (AvgIpc) is 2.37. The van der Waals surface area contributed by atoms with Crippen LogP contribution >= 0.6 is 0 Å². The maximum absolute atomic E-state index is 12.2. The summed E-state index contributed by atoms with van der Waals surface area (Å²) in [6.45, 7) is 9.36. The van der Waals surface area contributed by atoms with Gasteiger partial charge in [-0.15, -0.1) is 0 Å². The van der Waals surface area contributed by atoms with Crippen molar-refractivity contribution in [3.05, 3.63) is 0 Å². The maximum Gasteiger partial charge on any atom is 0.224 e. The maximum atomic E-state index is 12.2. The van der Waals surface area contributed by atoms with E-state index in [1.165, 1.54) is 0 Å². The van der Waals surface area contributed by atoms with Crippen LogP contribution in [0.3, 0.4) is 0 Å². The standard InChI is InChI=1S/C15H31N3O2/c1-6-9-18(10-7-2)15(20)8-11-17(14(3)19)13-12-16(4)5/h6-13H2,1-5H3. The van der Waals surface area contributed by atoms with Crippen molar-refractivity contribution in [1.82, 2.24) is 14.7 Å². The van der Waals surface area contributed by atoms with Crippen molar-refractivity contribution in [2.75, 3.05) is 46.8 Å². The first-order chi connectivity index (χ1) is 9.42. The number of hydrogen-bond acceptors (Lipinski definition) is 3. The van der Waals surface area contributed by atoms with Crippen molar-refractivity contribution in [3.63, 3.8) is 0 Å². The van der Waals surface area contributed by atoms with E-state index in [0.29, 0.717) is 19.5 Å². The monoisotopic (exact) mass is 285 g/mol. The molecular formula is C15H31N3O2. The molecule has 0 radical (unpaired) electrons. The van der Waals surface area contributed by atoms with Crippen molar-refractivity contribution < 1.29 is 9.59 Å². The normalized spacial score (nSPS) is 10.7. The fourth-order valence-corrected chi connectivity index (χ4v) is 2.04. The fourth-order valence-electron chi connectivity index (χ4n) is 2.04. The highest BCUT2D eigenvalue weighted by Crippen LogP contribution is 2.01. The summed E-state index contributed by atoms with van der Waals surface area (Å²) in [5.74, 6) is 0.196. The van der Waals surface area contributed by atoms with Crippen LogP contribution in [0.15, 0.2) is 0 Å². The number of rotatable bonds is 10. The van der Waals surface area contributed by atoms with Gasteiger partial charge < -0.3 is 14.7 Å². The number of carbonyl (C=O) groups excluding carboxylic acids is 2. The number of amides is 2. The minimum Gasteiger partial charge on any atom is -0.343 e. The summed E-state index contributed by atoms with van der Waals surface area (Å²) < 4.78 is 0. The summed E-state index contributed by atoms with van der Waals surface area (Å²) >= 11 is 0. The lowest BCUT2D eigenvalue weighted by atomic mass is 10.2. The van der Waals surface area contributed by atoms with E-state index in [1.807, 2.05) is 23.9 Å². The van der Waals surface area contributed by atoms with Crippen molar-refractivity contribution in [2.24, 2.45) is 0 Å². The van der Waals surface area contributed by atoms with Gasteiger partial charge in [-0.3, -0.25) is 9.59 Å². The molecule has 5 heteroatoms. The minimum absolute atomic E-state index is 0.0391. The molecule has 2 amide bonds. The topological polar surface area (TPSA) is 43.9 Å². The smallest absolute Gasteiger partial charge is 0.224 e. The highest BCUT2D eigenvalue weighted by molar-refractivity contribution is 5.78. The minimum atomic E-state index is 0.0391. The van der Waals surface area contributed by atoms with Crippen LogP contribution in [0.5, 0.6) is 0 Å². The molecule has 0 aliphatic heterocycles. The van der Waals surface area contributed by atoms with E-state index in [1.54, 1.807) is 11.8 Å². The van der Waals surface area contributed by atoms with Crippen LogP contribution in [0.2, 0.25) is 0 Å². The Morgan fingerprint density at radius 3 is 1.75 bits per heavy atom. The lowest BCUT2D eigenvalue weighted by molar-refractivity contribution is -0.133. The van der Waals surface area contributed by atoms with Gasteiger partial charge in [0.15, 0.2) is 0 Å². The van der Waals surface area contributed by atoms with Gasteiger partial charge in [-0.05, 0) is 26.9 Å². The molecule has 0 unspecified atom stereocenters. The van der Waals surface area contributed by atoms with Crippen LogP contribution in [0, 0.1) is 0 Å². The Balaban J connectivity index is 4.30. The first-order valence-corrected chi connectivity index (χ1v) is 7.60. The molecule has 0 saturated heterocycles. The first-order valence-electron chi connectivity index (χ1n) is 7.60. The van der Waals surface area contributed by atoms with E-state index in [9.17, 15) is 9.59 Å². The number of hydrogen-bond donors (Lipinski definition) is 0. The molecule has 0 heterocycles. The largest absolute Gasteiger partial charge is 0.343 e. The van der Waals surface area contributed by atoms with Crippen LogP contribution in [0.25, 0.3) is 0 Å². The zero-order chi connectivity index (χ0) is 15.5. The van der Waals surface area contributed by atoms with Gasteiger partial charge in [0, 0.05) is 46.1 Å². The van der Waals surface area contributed by atoms with Crippen LogP contribution < -0.4 is 0 Å². The third-order valence-electron chi connectivity index (χ3n) is 3.20. The molecule has 0 aliphatic carbocycles. The van der Waals surface area contributed by atoms with Gasteiger partial charge in [-0.1, -0.05) is 13.8 Å². The van der Waals surface area contributed by atoms with Gasteiger partial charge in [-0.25, -0.2) is 0 Å². The van der Waals surface area contributed by atoms with Crippen molar-refractivity contribution in [2.45, 2.75) is 40.0 Å². The Labute approximate surface area is 123 Å². The highest BCUT2D eigenvalue weighted by Gasteiger charge is 2.15. The molecule has 0 rings (SSSR count). The molecule has 20 heavy (non-hydrogen) atoms. The summed E-state index contributed by atoms with van der Waals surface area (Å²) in [5, 5.41) is 0. The van der Waals surface area contributed by atoms with E-state index in [0.717, 1.165) is 32.5 Å². The van der Waals surface area contributed by atoms with Crippen LogP contribution in [0.1, 0.15) is 40.0 Å². The van der Waals surface area contributed by atoms with Gasteiger partial charge in [0.05, 0.1) is 0 Å². The predicted molar refractivity (Wildman–Crippen MR) is 82.6 cm³/mol. The molecule has 5 nitrogen and oxygen atoms in total. The second kappa shape index (κ2) is 10.7. The summed E-state index contributed by atoms with van der Waals surface area (Å²) in [7, 11) is 3.96. The fraction of sp³-hybridized carbons (Fsp3) is 0.867. The van der Waals surface area contributed by atoms with Crippen LogP contribution in [-0.4, -0.2) is 73.3 Å². The van der Waals surface area contributed by atoms with Crippen LogP contribution in [0.4, 0.5) is 0 Å². The lowest BCUT2D eigenvalue weighted by Gasteiger charge is -2.25. The molecule has 0 aliphatic rings. The van der Waals surface area contributed by atoms with Gasteiger partial charge in [0.2, 0.25) is 11.8 Å². The molecule has 0 spiro atoms. The Bertz CT molecular complexity index is 287. The third kappa shape index (κ3) is 8.15. The molecule has 0 aromatic heterocycles. The Kier molecular flexibility index (Phi) is 10.1. The molecule has 118 valence electrons. The average molecular weight is 285 g/mol. The summed E-state index contributed by atoms with van der Waals surface area (Å²) in [4.78, 5) is 29.4. The Hall–Kier alpha value is -1.10. The molecule has 0 atom stereocenters. The van der Waals surface area contributed by atoms with E-state index in [2.05, 4.69) is 13.8 Å². The zero-order valence-electron chi connectivity index (χ0n) is 13.8. The number of likely N-dealkylation sites (N-methyl/N-ethyl adjacent to an activating group) is 1. The third-order valence-corrected chi connectivity index (χ3v) is 3.20. The molecule has 0 bridgehead atoms. The summed E-state index contributed by atoms with van der Waals surface area (Å²) in [5.41, 5.74) is 0. The second-order valence-corrected chi connectivity index (χ2v) is 5.44. The van der Waals surface area contributed by atoms with Gasteiger partial charge >= 0.3 is 0 Å².